The van der Waals surface area contributed by atoms with Gasteiger partial charge in [-0.2, -0.15) is 0 Å². The molecule has 1 fully saturated rings. The molecule has 0 saturated carbocycles. The quantitative estimate of drug-likeness (QED) is 0.417. The second-order valence-corrected chi connectivity index (χ2v) is 8.98. The van der Waals surface area contributed by atoms with Gasteiger partial charge in [-0.05, 0) is 55.4 Å². The summed E-state index contributed by atoms with van der Waals surface area (Å²) in [7, 11) is 1.84. The van der Waals surface area contributed by atoms with Crippen molar-refractivity contribution in [3.63, 3.8) is 0 Å². The Kier molecular flexibility index (Phi) is 7.38. The van der Waals surface area contributed by atoms with Crippen molar-refractivity contribution in [2.45, 2.75) is 38.9 Å². The van der Waals surface area contributed by atoms with Gasteiger partial charge in [0.25, 0.3) is 0 Å². The maximum atomic E-state index is 4.44. The zero-order valence-electron chi connectivity index (χ0n) is 18.4. The van der Waals surface area contributed by atoms with Gasteiger partial charge in [0.15, 0.2) is 5.96 Å². The Hall–Kier alpha value is -2.64. The van der Waals surface area contributed by atoms with Crippen LogP contribution < -0.4 is 10.6 Å². The van der Waals surface area contributed by atoms with E-state index in [0.717, 1.165) is 31.4 Å². The molecule has 7 heteroatoms. The summed E-state index contributed by atoms with van der Waals surface area (Å²) in [6, 6.07) is 13.5. The smallest absolute Gasteiger partial charge is 0.191 e. The van der Waals surface area contributed by atoms with Crippen LogP contribution in [0, 0.1) is 6.92 Å². The number of aromatic nitrogens is 2. The minimum Gasteiger partial charge on any atom is -0.354 e. The number of imidazole rings is 1. The Labute approximate surface area is 189 Å². The highest BCUT2D eigenvalue weighted by atomic mass is 32.1. The van der Waals surface area contributed by atoms with Crippen LogP contribution >= 0.6 is 11.3 Å². The Morgan fingerprint density at radius 1 is 1.16 bits per heavy atom. The first-order valence-electron chi connectivity index (χ1n) is 11.0. The van der Waals surface area contributed by atoms with Gasteiger partial charge < -0.3 is 15.2 Å². The van der Waals surface area contributed by atoms with Crippen LogP contribution in [0.25, 0.3) is 0 Å². The first kappa shape index (κ1) is 21.6. The number of hydrogen-bond donors (Lipinski definition) is 2. The molecule has 6 nitrogen and oxygen atoms in total. The zero-order chi connectivity index (χ0) is 21.5. The summed E-state index contributed by atoms with van der Waals surface area (Å²) in [6.45, 7) is 6.83. The lowest BCUT2D eigenvalue weighted by molar-refractivity contribution is 0.249. The first-order chi connectivity index (χ1) is 15.2. The van der Waals surface area contributed by atoms with Gasteiger partial charge in [-0.1, -0.05) is 30.3 Å². The summed E-state index contributed by atoms with van der Waals surface area (Å²) < 4.78 is 2.16. The molecule has 2 N–H and O–H groups in total. The molecule has 1 saturated heterocycles. The average Bonchev–Trinajstić information content (AvgIpc) is 3.56. The van der Waals surface area contributed by atoms with E-state index in [1.54, 1.807) is 0 Å². The molecular formula is C24H32N6S. The number of hydrogen-bond acceptors (Lipinski definition) is 4. The highest BCUT2D eigenvalue weighted by Crippen LogP contribution is 2.27. The van der Waals surface area contributed by atoms with Gasteiger partial charge in [-0.3, -0.25) is 9.89 Å². The van der Waals surface area contributed by atoms with Crippen molar-refractivity contribution in [3.8, 4) is 0 Å². The molecule has 31 heavy (non-hydrogen) atoms. The molecule has 1 atom stereocenters. The van der Waals surface area contributed by atoms with E-state index in [1.807, 2.05) is 37.7 Å². The van der Waals surface area contributed by atoms with Crippen molar-refractivity contribution in [3.05, 3.63) is 76.0 Å². The second kappa shape index (κ2) is 10.6. The summed E-state index contributed by atoms with van der Waals surface area (Å²) >= 11 is 1.84. The van der Waals surface area contributed by atoms with Gasteiger partial charge in [0.1, 0.15) is 5.82 Å². The average molecular weight is 437 g/mol. The number of aliphatic imine (C=N–C) groups is 1. The third kappa shape index (κ3) is 5.74. The third-order valence-corrected chi connectivity index (χ3v) is 6.84. The Morgan fingerprint density at radius 3 is 2.71 bits per heavy atom. The summed E-state index contributed by atoms with van der Waals surface area (Å²) in [5.74, 6) is 1.88. The highest BCUT2D eigenvalue weighted by molar-refractivity contribution is 7.10. The minimum atomic E-state index is 0.405. The van der Waals surface area contributed by atoms with Crippen molar-refractivity contribution in [2.75, 3.05) is 26.7 Å². The molecular weight excluding hydrogens is 404 g/mol. The molecule has 0 spiro atoms. The van der Waals surface area contributed by atoms with E-state index >= 15 is 0 Å². The molecule has 4 rings (SSSR count). The molecule has 1 aromatic carbocycles. The van der Waals surface area contributed by atoms with Crippen LogP contribution in [0.5, 0.6) is 0 Å². The fourth-order valence-corrected chi connectivity index (χ4v) is 5.01. The number of likely N-dealkylation sites (tertiary alicyclic amines) is 1. The zero-order valence-corrected chi connectivity index (χ0v) is 19.2. The standard InChI is InChI=1S/C24H32N6S/c1-19-26-10-13-30(19)18-21-8-5-7-20(15-21)16-27-24(25-2)28-17-22(23-9-6-14-31-23)29-11-3-4-12-29/h5-10,13-15,22H,3-4,11-12,16-18H2,1-2H3,(H2,25,27,28). The molecule has 1 aliphatic heterocycles. The normalized spacial score (nSPS) is 15.9. The Morgan fingerprint density at radius 2 is 2.00 bits per heavy atom. The highest BCUT2D eigenvalue weighted by Gasteiger charge is 2.24. The van der Waals surface area contributed by atoms with E-state index in [4.69, 9.17) is 0 Å². The fraction of sp³-hybridized carbons (Fsp3) is 0.417. The molecule has 1 unspecified atom stereocenters. The maximum absolute atomic E-state index is 4.44. The SMILES string of the molecule is CN=C(NCc1cccc(Cn2ccnc2C)c1)NCC(c1cccs1)N1CCCC1. The predicted molar refractivity (Wildman–Crippen MR) is 129 cm³/mol. The largest absolute Gasteiger partial charge is 0.354 e. The fourth-order valence-electron chi connectivity index (χ4n) is 4.15. The lowest BCUT2D eigenvalue weighted by Crippen LogP contribution is -2.42. The number of nitrogens with one attached hydrogen (secondary N) is 2. The van der Waals surface area contributed by atoms with E-state index in [0.29, 0.717) is 6.04 Å². The van der Waals surface area contributed by atoms with Crippen LogP contribution in [0.15, 0.2) is 59.2 Å². The van der Waals surface area contributed by atoms with Crippen molar-refractivity contribution in [1.82, 2.24) is 25.1 Å². The number of benzene rings is 1. The van der Waals surface area contributed by atoms with Gasteiger partial charge in [0.05, 0.1) is 6.04 Å². The minimum absolute atomic E-state index is 0.405. The van der Waals surface area contributed by atoms with Gasteiger partial charge >= 0.3 is 0 Å². The number of nitrogens with zero attached hydrogens (tertiary/aromatic N) is 4. The van der Waals surface area contributed by atoms with E-state index in [9.17, 15) is 0 Å². The first-order valence-corrected chi connectivity index (χ1v) is 11.9. The summed E-state index contributed by atoms with van der Waals surface area (Å²) in [6.07, 6.45) is 6.46. The van der Waals surface area contributed by atoms with E-state index in [1.165, 1.54) is 41.9 Å². The predicted octanol–water partition coefficient (Wildman–Crippen LogP) is 3.80. The lowest BCUT2D eigenvalue weighted by atomic mass is 10.1. The van der Waals surface area contributed by atoms with Gasteiger partial charge in [-0.25, -0.2) is 4.98 Å². The molecule has 0 aliphatic carbocycles. The molecule has 0 bridgehead atoms. The van der Waals surface area contributed by atoms with Crippen molar-refractivity contribution < 1.29 is 0 Å². The van der Waals surface area contributed by atoms with Gasteiger partial charge in [0.2, 0.25) is 0 Å². The second-order valence-electron chi connectivity index (χ2n) is 8.00. The summed E-state index contributed by atoms with van der Waals surface area (Å²) in [5.41, 5.74) is 2.52. The Balaban J connectivity index is 1.33. The molecule has 3 aromatic rings. The molecule has 1 aliphatic rings. The monoisotopic (exact) mass is 436 g/mol. The number of aryl methyl sites for hydroxylation is 1. The van der Waals surface area contributed by atoms with E-state index < -0.39 is 0 Å². The van der Waals surface area contributed by atoms with E-state index in [2.05, 4.69) is 71.9 Å². The third-order valence-electron chi connectivity index (χ3n) is 5.87. The summed E-state index contributed by atoms with van der Waals surface area (Å²) in [4.78, 5) is 12.8. The molecule has 0 amide bonds. The van der Waals surface area contributed by atoms with Crippen LogP contribution in [0.3, 0.4) is 0 Å². The van der Waals surface area contributed by atoms with Crippen LogP contribution in [-0.2, 0) is 13.1 Å². The van der Waals surface area contributed by atoms with Crippen LogP contribution in [0.2, 0.25) is 0 Å². The molecule has 0 radical (unpaired) electrons. The van der Waals surface area contributed by atoms with E-state index in [-0.39, 0.29) is 0 Å². The number of thiophene rings is 1. The number of rotatable bonds is 8. The maximum Gasteiger partial charge on any atom is 0.191 e. The molecule has 2 aromatic heterocycles. The number of guanidine groups is 1. The lowest BCUT2D eigenvalue weighted by Gasteiger charge is -2.27. The van der Waals surface area contributed by atoms with Gasteiger partial charge in [-0.15, -0.1) is 11.3 Å². The topological polar surface area (TPSA) is 57.5 Å². The van der Waals surface area contributed by atoms with Gasteiger partial charge in [0, 0.05) is 44.0 Å². The van der Waals surface area contributed by atoms with Crippen LogP contribution in [0.1, 0.15) is 40.7 Å². The van der Waals surface area contributed by atoms with Crippen molar-refractivity contribution in [2.24, 2.45) is 4.99 Å². The van der Waals surface area contributed by atoms with Crippen LogP contribution in [0.4, 0.5) is 0 Å². The summed E-state index contributed by atoms with van der Waals surface area (Å²) in [5, 5.41) is 9.20. The molecule has 3 heterocycles. The molecule has 164 valence electrons. The Bertz CT molecular complexity index is 972. The van der Waals surface area contributed by atoms with Crippen molar-refractivity contribution in [1.29, 1.82) is 0 Å². The van der Waals surface area contributed by atoms with Crippen molar-refractivity contribution >= 4 is 17.3 Å². The van der Waals surface area contributed by atoms with Crippen LogP contribution in [-0.4, -0.2) is 47.1 Å².